The van der Waals surface area contributed by atoms with E-state index in [4.69, 9.17) is 0 Å². The molecule has 8 nitrogen and oxygen atoms in total. The van der Waals surface area contributed by atoms with Crippen LogP contribution in [0.15, 0.2) is 36.4 Å². The number of carbonyl (C=O) groups excluding carboxylic acids is 3. The van der Waals surface area contributed by atoms with Crippen LogP contribution in [0.4, 0.5) is 4.79 Å². The second kappa shape index (κ2) is 7.08. The summed E-state index contributed by atoms with van der Waals surface area (Å²) in [5.74, 6) is -0.522. The molecule has 2 N–H and O–H groups in total. The van der Waals surface area contributed by atoms with Crippen LogP contribution in [-0.4, -0.2) is 51.7 Å². The summed E-state index contributed by atoms with van der Waals surface area (Å²) < 4.78 is 1.84. The first-order valence-corrected chi connectivity index (χ1v) is 9.69. The Morgan fingerprint density at radius 3 is 2.75 bits per heavy atom. The molecule has 1 saturated heterocycles. The lowest BCUT2D eigenvalue weighted by molar-refractivity contribution is -0.125. The minimum Gasteiger partial charge on any atom is -0.347 e. The molecule has 144 valence electrons. The zero-order valence-electron chi connectivity index (χ0n) is 15.4. The first-order valence-electron chi connectivity index (χ1n) is 8.87. The molecule has 4 amide bonds. The lowest BCUT2D eigenvalue weighted by Gasteiger charge is -2.19. The van der Waals surface area contributed by atoms with E-state index in [2.05, 4.69) is 15.7 Å². The molecule has 3 heterocycles. The number of urea groups is 1. The standard InChI is InChI=1S/C19H19N5O3S/c1-11(10-23-16(25)9-20-19(23)27)21-17(26)15-8-14-12(2)22-24(18(14)28-15)13-6-4-3-5-7-13/h3-8,11H,9-10H2,1-2H3,(H,20,27)(H,21,26)/t11-/m0/s1. The molecule has 4 rings (SSSR count). The van der Waals surface area contributed by atoms with Gasteiger partial charge in [0.1, 0.15) is 4.83 Å². The molecule has 0 bridgehead atoms. The van der Waals surface area contributed by atoms with Gasteiger partial charge >= 0.3 is 6.03 Å². The lowest BCUT2D eigenvalue weighted by Crippen LogP contribution is -2.44. The number of rotatable bonds is 5. The van der Waals surface area contributed by atoms with E-state index < -0.39 is 6.03 Å². The molecular weight excluding hydrogens is 378 g/mol. The highest BCUT2D eigenvalue weighted by atomic mass is 32.1. The van der Waals surface area contributed by atoms with E-state index in [1.807, 2.05) is 48.0 Å². The van der Waals surface area contributed by atoms with Gasteiger partial charge < -0.3 is 10.6 Å². The van der Waals surface area contributed by atoms with Crippen LogP contribution in [0, 0.1) is 6.92 Å². The van der Waals surface area contributed by atoms with Crippen molar-refractivity contribution < 1.29 is 14.4 Å². The smallest absolute Gasteiger partial charge is 0.324 e. The topological polar surface area (TPSA) is 96.3 Å². The van der Waals surface area contributed by atoms with Crippen LogP contribution in [0.25, 0.3) is 15.9 Å². The van der Waals surface area contributed by atoms with Crippen molar-refractivity contribution in [3.63, 3.8) is 0 Å². The van der Waals surface area contributed by atoms with E-state index >= 15 is 0 Å². The summed E-state index contributed by atoms with van der Waals surface area (Å²) >= 11 is 1.36. The predicted molar refractivity (Wildman–Crippen MR) is 106 cm³/mol. The molecular formula is C19H19N5O3S. The minimum atomic E-state index is -0.425. The highest BCUT2D eigenvalue weighted by Gasteiger charge is 2.30. The highest BCUT2D eigenvalue weighted by Crippen LogP contribution is 2.30. The van der Waals surface area contributed by atoms with E-state index in [1.54, 1.807) is 6.92 Å². The number of thiophene rings is 1. The molecule has 1 fully saturated rings. The number of aryl methyl sites for hydroxylation is 1. The lowest BCUT2D eigenvalue weighted by atomic mass is 10.2. The van der Waals surface area contributed by atoms with Gasteiger partial charge in [-0.15, -0.1) is 11.3 Å². The van der Waals surface area contributed by atoms with Crippen molar-refractivity contribution in [2.75, 3.05) is 13.1 Å². The van der Waals surface area contributed by atoms with Gasteiger partial charge in [0.25, 0.3) is 5.91 Å². The van der Waals surface area contributed by atoms with Gasteiger partial charge in [0.2, 0.25) is 5.91 Å². The fraction of sp³-hybridized carbons (Fsp3) is 0.263. The van der Waals surface area contributed by atoms with Crippen molar-refractivity contribution in [2.24, 2.45) is 0 Å². The van der Waals surface area contributed by atoms with Gasteiger partial charge in [0.05, 0.1) is 29.3 Å². The van der Waals surface area contributed by atoms with Crippen LogP contribution in [0.5, 0.6) is 0 Å². The Kier molecular flexibility index (Phi) is 4.60. The molecule has 2 aromatic heterocycles. The van der Waals surface area contributed by atoms with Crippen molar-refractivity contribution in [2.45, 2.75) is 19.9 Å². The van der Waals surface area contributed by atoms with Crippen LogP contribution in [0.1, 0.15) is 22.3 Å². The largest absolute Gasteiger partial charge is 0.347 e. The van der Waals surface area contributed by atoms with E-state index in [0.717, 1.165) is 26.5 Å². The molecule has 1 aliphatic heterocycles. The van der Waals surface area contributed by atoms with Crippen molar-refractivity contribution in [1.82, 2.24) is 25.3 Å². The van der Waals surface area contributed by atoms with E-state index in [-0.39, 0.29) is 30.9 Å². The van der Waals surface area contributed by atoms with Crippen molar-refractivity contribution in [1.29, 1.82) is 0 Å². The van der Waals surface area contributed by atoms with Crippen LogP contribution in [-0.2, 0) is 4.79 Å². The number of carbonyl (C=O) groups is 3. The molecule has 0 unspecified atom stereocenters. The average Bonchev–Trinajstić information content (AvgIpc) is 3.34. The van der Waals surface area contributed by atoms with Gasteiger partial charge in [-0.1, -0.05) is 18.2 Å². The van der Waals surface area contributed by atoms with Crippen LogP contribution in [0.3, 0.4) is 0 Å². The van der Waals surface area contributed by atoms with E-state index in [0.29, 0.717) is 4.88 Å². The van der Waals surface area contributed by atoms with Gasteiger partial charge in [-0.25, -0.2) is 9.48 Å². The summed E-state index contributed by atoms with van der Waals surface area (Å²) in [7, 11) is 0. The number of amides is 4. The zero-order chi connectivity index (χ0) is 19.8. The molecule has 0 spiro atoms. The third-order valence-electron chi connectivity index (χ3n) is 4.54. The summed E-state index contributed by atoms with van der Waals surface area (Å²) in [6.45, 7) is 3.82. The van der Waals surface area contributed by atoms with Gasteiger partial charge in [0, 0.05) is 11.4 Å². The number of nitrogens with zero attached hydrogens (tertiary/aromatic N) is 3. The number of para-hydroxylation sites is 1. The highest BCUT2D eigenvalue weighted by molar-refractivity contribution is 7.20. The normalized spacial score (nSPS) is 15.1. The first-order chi connectivity index (χ1) is 13.4. The van der Waals surface area contributed by atoms with Crippen molar-refractivity contribution in [3.05, 3.63) is 47.0 Å². The Morgan fingerprint density at radius 2 is 2.07 bits per heavy atom. The van der Waals surface area contributed by atoms with Crippen LogP contribution in [0.2, 0.25) is 0 Å². The fourth-order valence-corrected chi connectivity index (χ4v) is 4.24. The van der Waals surface area contributed by atoms with Crippen molar-refractivity contribution in [3.8, 4) is 5.69 Å². The Morgan fingerprint density at radius 1 is 1.32 bits per heavy atom. The number of imide groups is 1. The first kappa shape index (κ1) is 18.2. The number of hydrogen-bond acceptors (Lipinski definition) is 5. The molecule has 3 aromatic rings. The Labute approximate surface area is 165 Å². The van der Waals surface area contributed by atoms with Crippen LogP contribution < -0.4 is 10.6 Å². The SMILES string of the molecule is Cc1nn(-c2ccccc2)c2sc(C(=O)N[C@@H](C)CN3C(=O)CNC3=O)cc12. The quantitative estimate of drug-likeness (QED) is 0.644. The summed E-state index contributed by atoms with van der Waals surface area (Å²) in [6.07, 6.45) is 0. The summed E-state index contributed by atoms with van der Waals surface area (Å²) in [6, 6.07) is 10.8. The number of benzene rings is 1. The van der Waals surface area contributed by atoms with Gasteiger partial charge in [-0.05, 0) is 32.0 Å². The van der Waals surface area contributed by atoms with E-state index in [9.17, 15) is 14.4 Å². The summed E-state index contributed by atoms with van der Waals surface area (Å²) in [5.41, 5.74) is 1.78. The summed E-state index contributed by atoms with van der Waals surface area (Å²) in [5, 5.41) is 10.8. The maximum absolute atomic E-state index is 12.7. The Bertz CT molecular complexity index is 1060. The Balaban J connectivity index is 1.53. The molecule has 28 heavy (non-hydrogen) atoms. The number of fused-ring (bicyclic) bond motifs is 1. The average molecular weight is 397 g/mol. The number of aromatic nitrogens is 2. The van der Waals surface area contributed by atoms with Gasteiger partial charge in [-0.3, -0.25) is 14.5 Å². The maximum Gasteiger partial charge on any atom is 0.324 e. The van der Waals surface area contributed by atoms with Gasteiger partial charge in [0.15, 0.2) is 0 Å². The fourth-order valence-electron chi connectivity index (χ4n) is 3.16. The minimum absolute atomic E-state index is 0.00504. The molecule has 0 radical (unpaired) electrons. The third kappa shape index (κ3) is 3.24. The Hall–Kier alpha value is -3.20. The third-order valence-corrected chi connectivity index (χ3v) is 5.65. The number of hydrogen-bond donors (Lipinski definition) is 2. The zero-order valence-corrected chi connectivity index (χ0v) is 16.2. The maximum atomic E-state index is 12.7. The van der Waals surface area contributed by atoms with Crippen molar-refractivity contribution >= 4 is 39.4 Å². The second-order valence-electron chi connectivity index (χ2n) is 6.70. The molecule has 1 aliphatic rings. The molecule has 0 aliphatic carbocycles. The molecule has 1 aromatic carbocycles. The number of nitrogens with one attached hydrogen (secondary N) is 2. The monoisotopic (exact) mass is 397 g/mol. The van der Waals surface area contributed by atoms with E-state index in [1.165, 1.54) is 11.3 Å². The second-order valence-corrected chi connectivity index (χ2v) is 7.73. The van der Waals surface area contributed by atoms with Gasteiger partial charge in [-0.2, -0.15) is 5.10 Å². The molecule has 0 saturated carbocycles. The summed E-state index contributed by atoms with van der Waals surface area (Å²) in [4.78, 5) is 38.6. The van der Waals surface area contributed by atoms with Crippen LogP contribution >= 0.6 is 11.3 Å². The molecule has 1 atom stereocenters. The predicted octanol–water partition coefficient (Wildman–Crippen LogP) is 2.07. The molecule has 9 heteroatoms.